The van der Waals surface area contributed by atoms with E-state index in [9.17, 15) is 4.79 Å². The fourth-order valence-corrected chi connectivity index (χ4v) is 2.28. The monoisotopic (exact) mass is 291 g/mol. The smallest absolute Gasteiger partial charge is 0.325 e. The van der Waals surface area contributed by atoms with Crippen LogP contribution in [0.25, 0.3) is 0 Å². The molecule has 0 atom stereocenters. The van der Waals surface area contributed by atoms with Crippen molar-refractivity contribution >= 4 is 17.7 Å². The van der Waals surface area contributed by atoms with Crippen LogP contribution in [-0.4, -0.2) is 38.4 Å². The summed E-state index contributed by atoms with van der Waals surface area (Å²) in [4.78, 5) is 11.3. The van der Waals surface area contributed by atoms with Gasteiger partial charge in [0.15, 0.2) is 0 Å². The van der Waals surface area contributed by atoms with Crippen molar-refractivity contribution in [3.63, 3.8) is 0 Å². The fourth-order valence-electron chi connectivity index (χ4n) is 1.40. The van der Waals surface area contributed by atoms with Gasteiger partial charge in [0, 0.05) is 4.90 Å². The molecule has 0 fully saturated rings. The van der Waals surface area contributed by atoms with Gasteiger partial charge in [-0.2, -0.15) is 5.26 Å². The van der Waals surface area contributed by atoms with Gasteiger partial charge in [-0.25, -0.2) is 4.68 Å². The van der Waals surface area contributed by atoms with Crippen LogP contribution in [0, 0.1) is 11.3 Å². The standard InChI is InChI=1S/C11H9N5O3S/c1-19-8-3-2-7(5-12)9(4-8)20-11-13-14-15-16(11)6-10(17)18/h2-4H,6H2,1H3,(H,17,18). The van der Waals surface area contributed by atoms with Gasteiger partial charge in [0.05, 0.1) is 12.7 Å². The molecule has 0 saturated heterocycles. The molecule has 0 bridgehead atoms. The number of carboxylic acid groups (broad SMARTS) is 1. The SMILES string of the molecule is COc1ccc(C#N)c(Sc2nnnn2CC(=O)O)c1. The first kappa shape index (κ1) is 13.8. The first-order chi connectivity index (χ1) is 9.63. The van der Waals surface area contributed by atoms with Crippen LogP contribution in [0.4, 0.5) is 0 Å². The quantitative estimate of drug-likeness (QED) is 0.859. The Balaban J connectivity index is 2.32. The molecule has 9 heteroatoms. The minimum Gasteiger partial charge on any atom is -0.497 e. The van der Waals surface area contributed by atoms with Crippen LogP contribution in [0.5, 0.6) is 5.75 Å². The van der Waals surface area contributed by atoms with E-state index in [0.717, 1.165) is 16.4 Å². The summed E-state index contributed by atoms with van der Waals surface area (Å²) in [5.74, 6) is -0.464. The van der Waals surface area contributed by atoms with Crippen molar-refractivity contribution in [2.45, 2.75) is 16.6 Å². The van der Waals surface area contributed by atoms with Crippen molar-refractivity contribution in [2.24, 2.45) is 0 Å². The molecule has 0 aliphatic rings. The van der Waals surface area contributed by atoms with Crippen LogP contribution in [0.15, 0.2) is 28.3 Å². The van der Waals surface area contributed by atoms with Crippen LogP contribution in [0.3, 0.4) is 0 Å². The minimum atomic E-state index is -1.05. The molecular formula is C11H9N5O3S. The molecule has 0 amide bonds. The average molecular weight is 291 g/mol. The molecule has 102 valence electrons. The number of aliphatic carboxylic acids is 1. The van der Waals surface area contributed by atoms with Crippen molar-refractivity contribution in [1.29, 1.82) is 5.26 Å². The molecule has 0 radical (unpaired) electrons. The Bertz CT molecular complexity index is 679. The summed E-state index contributed by atoms with van der Waals surface area (Å²) in [7, 11) is 1.52. The highest BCUT2D eigenvalue weighted by Gasteiger charge is 2.14. The summed E-state index contributed by atoms with van der Waals surface area (Å²) >= 11 is 1.10. The maximum atomic E-state index is 10.7. The van der Waals surface area contributed by atoms with E-state index in [2.05, 4.69) is 15.5 Å². The number of hydrogen-bond acceptors (Lipinski definition) is 7. The number of ether oxygens (including phenoxy) is 1. The Morgan fingerprint density at radius 1 is 1.60 bits per heavy atom. The van der Waals surface area contributed by atoms with Gasteiger partial charge >= 0.3 is 5.97 Å². The van der Waals surface area contributed by atoms with Gasteiger partial charge in [-0.1, -0.05) is 0 Å². The van der Waals surface area contributed by atoms with Gasteiger partial charge in [-0.05, 0) is 40.4 Å². The highest BCUT2D eigenvalue weighted by atomic mass is 32.2. The fraction of sp³-hybridized carbons (Fsp3) is 0.182. The normalized spacial score (nSPS) is 10.0. The molecule has 2 aromatic rings. The summed E-state index contributed by atoms with van der Waals surface area (Å²) in [5.41, 5.74) is 0.431. The topological polar surface area (TPSA) is 114 Å². The number of nitrogens with zero attached hydrogens (tertiary/aromatic N) is 5. The molecule has 8 nitrogen and oxygen atoms in total. The minimum absolute atomic E-state index is 0.289. The van der Waals surface area contributed by atoms with Crippen LogP contribution in [0.1, 0.15) is 5.56 Å². The third-order valence-electron chi connectivity index (χ3n) is 2.29. The molecule has 0 saturated carbocycles. The number of hydrogen-bond donors (Lipinski definition) is 1. The van der Waals surface area contributed by atoms with E-state index in [0.29, 0.717) is 16.2 Å². The van der Waals surface area contributed by atoms with E-state index in [1.54, 1.807) is 18.2 Å². The van der Waals surface area contributed by atoms with Crippen LogP contribution in [-0.2, 0) is 11.3 Å². The number of tetrazole rings is 1. The second-order valence-electron chi connectivity index (χ2n) is 3.59. The van der Waals surface area contributed by atoms with Crippen LogP contribution >= 0.6 is 11.8 Å². The molecule has 20 heavy (non-hydrogen) atoms. The number of rotatable bonds is 5. The Morgan fingerprint density at radius 3 is 3.05 bits per heavy atom. The summed E-state index contributed by atoms with van der Waals surface area (Å²) in [6.45, 7) is -0.346. The molecule has 2 rings (SSSR count). The zero-order valence-electron chi connectivity index (χ0n) is 10.3. The molecule has 0 spiro atoms. The second kappa shape index (κ2) is 6.03. The number of methoxy groups -OCH3 is 1. The Morgan fingerprint density at radius 2 is 2.40 bits per heavy atom. The number of aromatic nitrogens is 4. The highest BCUT2D eigenvalue weighted by molar-refractivity contribution is 7.99. The van der Waals surface area contributed by atoms with Crippen molar-refractivity contribution in [3.8, 4) is 11.8 Å². The first-order valence-electron chi connectivity index (χ1n) is 5.38. The van der Waals surface area contributed by atoms with E-state index >= 15 is 0 Å². The number of carbonyl (C=O) groups is 1. The van der Waals surface area contributed by atoms with Gasteiger partial charge in [0.1, 0.15) is 18.4 Å². The third kappa shape index (κ3) is 3.04. The maximum absolute atomic E-state index is 10.7. The van der Waals surface area contributed by atoms with Gasteiger partial charge < -0.3 is 9.84 Å². The van der Waals surface area contributed by atoms with E-state index in [-0.39, 0.29) is 11.7 Å². The van der Waals surface area contributed by atoms with E-state index < -0.39 is 5.97 Å². The zero-order chi connectivity index (χ0) is 14.5. The van der Waals surface area contributed by atoms with Gasteiger partial charge in [-0.15, -0.1) is 5.10 Å². The average Bonchev–Trinajstić information content (AvgIpc) is 2.85. The molecule has 0 aliphatic carbocycles. The number of carboxylic acids is 1. The Hall–Kier alpha value is -2.60. The zero-order valence-corrected chi connectivity index (χ0v) is 11.2. The molecule has 1 aromatic carbocycles. The van der Waals surface area contributed by atoms with Gasteiger partial charge in [0.25, 0.3) is 0 Å². The van der Waals surface area contributed by atoms with Crippen molar-refractivity contribution in [1.82, 2.24) is 20.2 Å². The first-order valence-corrected chi connectivity index (χ1v) is 6.19. The highest BCUT2D eigenvalue weighted by Crippen LogP contribution is 2.31. The molecule has 0 unspecified atom stereocenters. The molecule has 1 heterocycles. The lowest BCUT2D eigenvalue weighted by Crippen LogP contribution is -2.11. The lowest BCUT2D eigenvalue weighted by Gasteiger charge is -2.06. The van der Waals surface area contributed by atoms with Crippen LogP contribution in [0.2, 0.25) is 0 Å². The van der Waals surface area contributed by atoms with Crippen molar-refractivity contribution in [3.05, 3.63) is 23.8 Å². The molecule has 1 aromatic heterocycles. The van der Waals surface area contributed by atoms with E-state index in [1.807, 2.05) is 6.07 Å². The largest absolute Gasteiger partial charge is 0.497 e. The summed E-state index contributed by atoms with van der Waals surface area (Å²) in [5, 5.41) is 28.9. The lowest BCUT2D eigenvalue weighted by atomic mass is 10.2. The van der Waals surface area contributed by atoms with E-state index in [4.69, 9.17) is 15.1 Å². The number of nitriles is 1. The number of benzene rings is 1. The Labute approximate surface area is 118 Å². The predicted octanol–water partition coefficient (Wildman–Crippen LogP) is 0.789. The summed E-state index contributed by atoms with van der Waals surface area (Å²) in [6, 6.07) is 7.01. The van der Waals surface area contributed by atoms with Gasteiger partial charge in [0.2, 0.25) is 5.16 Å². The van der Waals surface area contributed by atoms with Crippen molar-refractivity contribution < 1.29 is 14.6 Å². The second-order valence-corrected chi connectivity index (χ2v) is 4.60. The molecular weight excluding hydrogens is 282 g/mol. The molecule has 0 aliphatic heterocycles. The van der Waals surface area contributed by atoms with Crippen LogP contribution < -0.4 is 4.74 Å². The summed E-state index contributed by atoms with van der Waals surface area (Å²) < 4.78 is 6.24. The summed E-state index contributed by atoms with van der Waals surface area (Å²) in [6.07, 6.45) is 0. The lowest BCUT2D eigenvalue weighted by molar-refractivity contribution is -0.138. The van der Waals surface area contributed by atoms with E-state index in [1.165, 1.54) is 7.11 Å². The molecule has 1 N–H and O–H groups in total. The third-order valence-corrected chi connectivity index (χ3v) is 3.33. The predicted molar refractivity (Wildman–Crippen MR) is 67.3 cm³/mol. The van der Waals surface area contributed by atoms with Gasteiger partial charge in [-0.3, -0.25) is 4.79 Å². The maximum Gasteiger partial charge on any atom is 0.325 e. The Kier molecular flexibility index (Phi) is 4.17. The van der Waals surface area contributed by atoms with Crippen molar-refractivity contribution in [2.75, 3.05) is 7.11 Å².